The number of carbonyl (C=O) groups excluding carboxylic acids is 1. The van der Waals surface area contributed by atoms with E-state index in [0.717, 1.165) is 23.4 Å². The summed E-state index contributed by atoms with van der Waals surface area (Å²) in [7, 11) is 3.21. The van der Waals surface area contributed by atoms with E-state index >= 15 is 0 Å². The molecular weight excluding hydrogens is 384 g/mol. The molecule has 1 saturated carbocycles. The number of carbonyl (C=O) groups is 1. The van der Waals surface area contributed by atoms with Gasteiger partial charge in [-0.2, -0.15) is 0 Å². The maximum atomic E-state index is 12.7. The summed E-state index contributed by atoms with van der Waals surface area (Å²) in [5.74, 6) is 1.17. The third-order valence-electron chi connectivity index (χ3n) is 5.65. The van der Waals surface area contributed by atoms with Gasteiger partial charge in [-0.1, -0.05) is 36.8 Å². The monoisotopic (exact) mass is 408 g/mol. The standard InChI is InChI=1S/C23H24N2O3S/c1-27-19-10-9-16(13-20(19)28-2)22-25-18(14-29-22)21(26)24-15-23(11-6-12-23)17-7-4-3-5-8-17/h3-5,7-10,13-14H,6,11-12,15H2,1-2H3,(H,24,26). The van der Waals surface area contributed by atoms with Crippen molar-refractivity contribution in [1.82, 2.24) is 10.3 Å². The van der Waals surface area contributed by atoms with Crippen LogP contribution < -0.4 is 14.8 Å². The summed E-state index contributed by atoms with van der Waals surface area (Å²) in [6, 6.07) is 16.1. The maximum Gasteiger partial charge on any atom is 0.270 e. The summed E-state index contributed by atoms with van der Waals surface area (Å²) in [6.45, 7) is 0.638. The third kappa shape index (κ3) is 3.85. The fourth-order valence-corrected chi connectivity index (χ4v) is 4.58. The molecule has 1 aliphatic carbocycles. The smallest absolute Gasteiger partial charge is 0.270 e. The normalized spacial score (nSPS) is 14.7. The highest BCUT2D eigenvalue weighted by atomic mass is 32.1. The van der Waals surface area contributed by atoms with Gasteiger partial charge < -0.3 is 14.8 Å². The molecule has 0 radical (unpaired) electrons. The molecule has 1 aromatic heterocycles. The predicted octanol–water partition coefficient (Wildman–Crippen LogP) is 4.68. The molecule has 0 aliphatic heterocycles. The molecule has 5 nitrogen and oxygen atoms in total. The molecule has 1 N–H and O–H groups in total. The Kier molecular flexibility index (Phi) is 5.53. The Hall–Kier alpha value is -2.86. The molecule has 0 bridgehead atoms. The number of hydrogen-bond donors (Lipinski definition) is 1. The van der Waals surface area contributed by atoms with Crippen LogP contribution in [-0.2, 0) is 5.41 Å². The van der Waals surface area contributed by atoms with Gasteiger partial charge in [-0.15, -0.1) is 11.3 Å². The van der Waals surface area contributed by atoms with Gasteiger partial charge in [-0.25, -0.2) is 4.98 Å². The fraction of sp³-hybridized carbons (Fsp3) is 0.304. The lowest BCUT2D eigenvalue weighted by Crippen LogP contribution is -2.45. The zero-order chi connectivity index (χ0) is 20.3. The second-order valence-electron chi connectivity index (χ2n) is 7.29. The van der Waals surface area contributed by atoms with E-state index in [1.807, 2.05) is 24.3 Å². The Balaban J connectivity index is 1.46. The van der Waals surface area contributed by atoms with Crippen LogP contribution in [0.4, 0.5) is 0 Å². The highest BCUT2D eigenvalue weighted by Gasteiger charge is 2.38. The number of nitrogens with one attached hydrogen (secondary N) is 1. The first kappa shape index (κ1) is 19.5. The van der Waals surface area contributed by atoms with Crippen molar-refractivity contribution in [3.63, 3.8) is 0 Å². The molecule has 1 amide bonds. The molecule has 3 aromatic rings. The van der Waals surface area contributed by atoms with E-state index in [2.05, 4.69) is 34.6 Å². The number of rotatable bonds is 7. The number of methoxy groups -OCH3 is 2. The topological polar surface area (TPSA) is 60.5 Å². The van der Waals surface area contributed by atoms with Gasteiger partial charge in [0.25, 0.3) is 5.91 Å². The molecule has 29 heavy (non-hydrogen) atoms. The number of nitrogens with zero attached hydrogens (tertiary/aromatic N) is 1. The molecule has 150 valence electrons. The summed E-state index contributed by atoms with van der Waals surface area (Å²) in [5, 5.41) is 5.68. The minimum absolute atomic E-state index is 0.0547. The number of benzene rings is 2. The van der Waals surface area contributed by atoms with Crippen molar-refractivity contribution in [2.75, 3.05) is 20.8 Å². The van der Waals surface area contributed by atoms with Crippen LogP contribution in [0.5, 0.6) is 11.5 Å². The molecule has 4 rings (SSSR count). The number of aromatic nitrogens is 1. The van der Waals surface area contributed by atoms with Crippen molar-refractivity contribution < 1.29 is 14.3 Å². The highest BCUT2D eigenvalue weighted by Crippen LogP contribution is 2.43. The molecule has 0 saturated heterocycles. The first-order chi connectivity index (χ1) is 14.1. The van der Waals surface area contributed by atoms with Gasteiger partial charge >= 0.3 is 0 Å². The predicted molar refractivity (Wildman–Crippen MR) is 115 cm³/mol. The lowest BCUT2D eigenvalue weighted by Gasteiger charge is -2.42. The van der Waals surface area contributed by atoms with Crippen molar-refractivity contribution in [2.24, 2.45) is 0 Å². The van der Waals surface area contributed by atoms with Crippen LogP contribution >= 0.6 is 11.3 Å². The molecule has 1 heterocycles. The Morgan fingerprint density at radius 2 is 1.86 bits per heavy atom. The molecule has 6 heteroatoms. The highest BCUT2D eigenvalue weighted by molar-refractivity contribution is 7.13. The van der Waals surface area contributed by atoms with Crippen LogP contribution in [-0.4, -0.2) is 31.7 Å². The largest absolute Gasteiger partial charge is 0.493 e. The van der Waals surface area contributed by atoms with Gasteiger partial charge in [-0.3, -0.25) is 4.79 Å². The van der Waals surface area contributed by atoms with Crippen LogP contribution in [0.1, 0.15) is 35.3 Å². The number of hydrogen-bond acceptors (Lipinski definition) is 5. The molecular formula is C23H24N2O3S. The molecule has 2 aromatic carbocycles. The summed E-state index contributed by atoms with van der Waals surface area (Å²) < 4.78 is 10.6. The summed E-state index contributed by atoms with van der Waals surface area (Å²) in [5.41, 5.74) is 2.70. The first-order valence-corrected chi connectivity index (χ1v) is 10.5. The van der Waals surface area contributed by atoms with E-state index in [9.17, 15) is 4.79 Å². The van der Waals surface area contributed by atoms with Gasteiger partial charge in [0.1, 0.15) is 10.7 Å². The van der Waals surface area contributed by atoms with E-state index in [0.29, 0.717) is 23.7 Å². The SMILES string of the molecule is COc1ccc(-c2nc(C(=O)NCC3(c4ccccc4)CCC3)cs2)cc1OC. The van der Waals surface area contributed by atoms with E-state index < -0.39 is 0 Å². The van der Waals surface area contributed by atoms with Crippen molar-refractivity contribution >= 4 is 17.2 Å². The molecule has 0 atom stereocenters. The van der Waals surface area contributed by atoms with Crippen molar-refractivity contribution in [2.45, 2.75) is 24.7 Å². The van der Waals surface area contributed by atoms with Crippen LogP contribution in [0.2, 0.25) is 0 Å². The quantitative estimate of drug-likeness (QED) is 0.617. The van der Waals surface area contributed by atoms with Gasteiger partial charge in [0.2, 0.25) is 0 Å². The first-order valence-electron chi connectivity index (χ1n) is 9.67. The van der Waals surface area contributed by atoms with Gasteiger partial charge in [0.05, 0.1) is 14.2 Å². The Morgan fingerprint density at radius 3 is 2.52 bits per heavy atom. The summed E-state index contributed by atoms with van der Waals surface area (Å²) in [6.07, 6.45) is 3.40. The number of thiazole rings is 1. The second kappa shape index (κ2) is 8.25. The van der Waals surface area contributed by atoms with Crippen molar-refractivity contribution in [3.8, 4) is 22.1 Å². The van der Waals surface area contributed by atoms with Gasteiger partial charge in [0.15, 0.2) is 11.5 Å². The lowest BCUT2D eigenvalue weighted by molar-refractivity contribution is 0.0923. The second-order valence-corrected chi connectivity index (χ2v) is 8.15. The Morgan fingerprint density at radius 1 is 1.10 bits per heavy atom. The maximum absolute atomic E-state index is 12.7. The number of ether oxygens (including phenoxy) is 2. The number of amides is 1. The van der Waals surface area contributed by atoms with Crippen molar-refractivity contribution in [1.29, 1.82) is 0 Å². The van der Waals surface area contributed by atoms with Crippen LogP contribution in [0.25, 0.3) is 10.6 Å². The van der Waals surface area contributed by atoms with E-state index in [4.69, 9.17) is 9.47 Å². The van der Waals surface area contributed by atoms with Crippen LogP contribution in [0, 0.1) is 0 Å². The zero-order valence-electron chi connectivity index (χ0n) is 16.6. The van der Waals surface area contributed by atoms with E-state index in [1.54, 1.807) is 19.6 Å². The van der Waals surface area contributed by atoms with E-state index in [-0.39, 0.29) is 11.3 Å². The minimum atomic E-state index is -0.129. The lowest BCUT2D eigenvalue weighted by atomic mass is 9.64. The zero-order valence-corrected chi connectivity index (χ0v) is 17.4. The fourth-order valence-electron chi connectivity index (χ4n) is 3.78. The molecule has 0 spiro atoms. The van der Waals surface area contributed by atoms with Gasteiger partial charge in [-0.05, 0) is 36.6 Å². The Bertz CT molecular complexity index is 996. The molecule has 0 unspecified atom stereocenters. The van der Waals surface area contributed by atoms with E-state index in [1.165, 1.54) is 23.3 Å². The molecule has 1 fully saturated rings. The Labute approximate surface area is 174 Å². The average molecular weight is 409 g/mol. The van der Waals surface area contributed by atoms with Crippen LogP contribution in [0.3, 0.4) is 0 Å². The minimum Gasteiger partial charge on any atom is -0.493 e. The summed E-state index contributed by atoms with van der Waals surface area (Å²) >= 11 is 1.44. The van der Waals surface area contributed by atoms with Crippen molar-refractivity contribution in [3.05, 3.63) is 65.2 Å². The van der Waals surface area contributed by atoms with Crippen LogP contribution in [0.15, 0.2) is 53.9 Å². The molecule has 1 aliphatic rings. The van der Waals surface area contributed by atoms with Gasteiger partial charge in [0, 0.05) is 22.9 Å². The third-order valence-corrected chi connectivity index (χ3v) is 6.54. The average Bonchev–Trinajstić information content (AvgIpc) is 3.23. The summed E-state index contributed by atoms with van der Waals surface area (Å²) in [4.78, 5) is 17.3.